The summed E-state index contributed by atoms with van der Waals surface area (Å²) in [4.78, 5) is 0. The highest BCUT2D eigenvalue weighted by molar-refractivity contribution is 9.10. The first-order chi connectivity index (χ1) is 9.49. The van der Waals surface area contributed by atoms with Gasteiger partial charge in [0.25, 0.3) is 0 Å². The molecule has 0 saturated heterocycles. The molecule has 2 N–H and O–H groups in total. The molecule has 1 unspecified atom stereocenters. The van der Waals surface area contributed by atoms with Crippen molar-refractivity contribution in [3.05, 3.63) is 58.1 Å². The summed E-state index contributed by atoms with van der Waals surface area (Å²) >= 11 is 3.51. The van der Waals surface area contributed by atoms with Gasteiger partial charge in [0.15, 0.2) is 0 Å². The molecule has 0 bridgehead atoms. The number of hydrogen-bond donors (Lipinski definition) is 1. The molecule has 0 saturated carbocycles. The summed E-state index contributed by atoms with van der Waals surface area (Å²) in [6.07, 6.45) is 0. The lowest BCUT2D eigenvalue weighted by atomic mass is 10.0. The van der Waals surface area contributed by atoms with Crippen LogP contribution < -0.4 is 10.5 Å². The summed E-state index contributed by atoms with van der Waals surface area (Å²) in [5, 5.41) is 0. The second-order valence-electron chi connectivity index (χ2n) is 5.27. The fraction of sp³-hybridized carbons (Fsp3) is 0.294. The molecule has 0 aromatic heterocycles. The first-order valence-electron chi connectivity index (χ1n) is 6.81. The molecular weight excluding hydrogens is 314 g/mol. The van der Waals surface area contributed by atoms with Gasteiger partial charge in [-0.15, -0.1) is 0 Å². The highest BCUT2D eigenvalue weighted by Gasteiger charge is 2.13. The van der Waals surface area contributed by atoms with Crippen molar-refractivity contribution in [3.8, 4) is 11.5 Å². The number of para-hydroxylation sites is 1. The van der Waals surface area contributed by atoms with E-state index in [1.807, 2.05) is 43.3 Å². The minimum Gasteiger partial charge on any atom is -0.457 e. The molecule has 3 heteroatoms. The third-order valence-electron chi connectivity index (χ3n) is 3.22. The van der Waals surface area contributed by atoms with Crippen LogP contribution in [0.2, 0.25) is 0 Å². The van der Waals surface area contributed by atoms with Gasteiger partial charge in [-0.3, -0.25) is 0 Å². The Morgan fingerprint density at radius 1 is 0.950 bits per heavy atom. The summed E-state index contributed by atoms with van der Waals surface area (Å²) < 4.78 is 7.18. The van der Waals surface area contributed by atoms with Crippen molar-refractivity contribution in [2.24, 2.45) is 5.73 Å². The molecule has 0 amide bonds. The molecule has 0 radical (unpaired) electrons. The van der Waals surface area contributed by atoms with Crippen LogP contribution in [-0.4, -0.2) is 0 Å². The van der Waals surface area contributed by atoms with Crippen LogP contribution in [0.4, 0.5) is 0 Å². The van der Waals surface area contributed by atoms with Crippen molar-refractivity contribution in [1.29, 1.82) is 0 Å². The number of hydrogen-bond acceptors (Lipinski definition) is 2. The van der Waals surface area contributed by atoms with E-state index >= 15 is 0 Å². The smallest absolute Gasteiger partial charge is 0.132 e. The Bertz CT molecular complexity index is 593. The van der Waals surface area contributed by atoms with E-state index in [0.29, 0.717) is 5.92 Å². The van der Waals surface area contributed by atoms with E-state index in [-0.39, 0.29) is 6.04 Å². The SMILES string of the molecule is CC(C)c1cc(Br)ccc1Oc1ccccc1C(C)N. The zero-order valence-electron chi connectivity index (χ0n) is 12.1. The highest BCUT2D eigenvalue weighted by atomic mass is 79.9. The zero-order valence-corrected chi connectivity index (χ0v) is 13.6. The zero-order chi connectivity index (χ0) is 14.7. The summed E-state index contributed by atoms with van der Waals surface area (Å²) in [6.45, 7) is 6.28. The van der Waals surface area contributed by atoms with Crippen LogP contribution in [0.5, 0.6) is 11.5 Å². The third kappa shape index (κ3) is 3.41. The van der Waals surface area contributed by atoms with Crippen molar-refractivity contribution in [1.82, 2.24) is 0 Å². The molecule has 0 fully saturated rings. The summed E-state index contributed by atoms with van der Waals surface area (Å²) in [6, 6.07) is 14.0. The van der Waals surface area contributed by atoms with Gasteiger partial charge in [-0.1, -0.05) is 48.0 Å². The second kappa shape index (κ2) is 6.42. The molecule has 0 aliphatic carbocycles. The molecule has 20 heavy (non-hydrogen) atoms. The summed E-state index contributed by atoms with van der Waals surface area (Å²) in [5.74, 6) is 2.10. The second-order valence-corrected chi connectivity index (χ2v) is 6.18. The molecule has 2 rings (SSSR count). The third-order valence-corrected chi connectivity index (χ3v) is 3.72. The number of halogens is 1. The van der Waals surface area contributed by atoms with Crippen molar-refractivity contribution in [2.45, 2.75) is 32.7 Å². The number of nitrogens with two attached hydrogens (primary N) is 1. The number of ether oxygens (including phenoxy) is 1. The molecule has 2 aromatic carbocycles. The van der Waals surface area contributed by atoms with E-state index < -0.39 is 0 Å². The van der Waals surface area contributed by atoms with Gasteiger partial charge in [-0.2, -0.15) is 0 Å². The predicted molar refractivity (Wildman–Crippen MR) is 87.3 cm³/mol. The minimum absolute atomic E-state index is 0.0517. The Morgan fingerprint density at radius 3 is 2.25 bits per heavy atom. The maximum atomic E-state index is 6.12. The Kier molecular flexibility index (Phi) is 4.84. The van der Waals surface area contributed by atoms with Crippen LogP contribution in [0.25, 0.3) is 0 Å². The van der Waals surface area contributed by atoms with Crippen LogP contribution >= 0.6 is 15.9 Å². The van der Waals surface area contributed by atoms with Gasteiger partial charge in [-0.05, 0) is 42.7 Å². The standard InChI is InChI=1S/C17H20BrNO/c1-11(2)15-10-13(18)8-9-17(15)20-16-7-5-4-6-14(16)12(3)19/h4-12H,19H2,1-3H3. The first-order valence-corrected chi connectivity index (χ1v) is 7.60. The molecule has 0 heterocycles. The number of benzene rings is 2. The molecule has 0 aliphatic rings. The monoisotopic (exact) mass is 333 g/mol. The van der Waals surface area contributed by atoms with E-state index in [9.17, 15) is 0 Å². The lowest BCUT2D eigenvalue weighted by molar-refractivity contribution is 0.463. The molecule has 0 aliphatic heterocycles. The fourth-order valence-electron chi connectivity index (χ4n) is 2.13. The predicted octanol–water partition coefficient (Wildman–Crippen LogP) is 5.38. The summed E-state index contributed by atoms with van der Waals surface area (Å²) in [5.41, 5.74) is 8.20. The van der Waals surface area contributed by atoms with E-state index in [2.05, 4.69) is 35.8 Å². The van der Waals surface area contributed by atoms with Crippen LogP contribution in [-0.2, 0) is 0 Å². The quantitative estimate of drug-likeness (QED) is 0.814. The van der Waals surface area contributed by atoms with Gasteiger partial charge in [0.1, 0.15) is 11.5 Å². The van der Waals surface area contributed by atoms with Crippen LogP contribution in [0.1, 0.15) is 43.9 Å². The van der Waals surface area contributed by atoms with E-state index in [0.717, 1.165) is 21.5 Å². The summed E-state index contributed by atoms with van der Waals surface area (Å²) in [7, 11) is 0. The topological polar surface area (TPSA) is 35.2 Å². The average molecular weight is 334 g/mol. The van der Waals surface area contributed by atoms with Crippen LogP contribution in [0, 0.1) is 0 Å². The molecule has 2 nitrogen and oxygen atoms in total. The highest BCUT2D eigenvalue weighted by Crippen LogP contribution is 2.35. The van der Waals surface area contributed by atoms with E-state index in [4.69, 9.17) is 10.5 Å². The molecular formula is C17H20BrNO. The fourth-order valence-corrected chi connectivity index (χ4v) is 2.51. The van der Waals surface area contributed by atoms with Gasteiger partial charge in [0.2, 0.25) is 0 Å². The van der Waals surface area contributed by atoms with Crippen molar-refractivity contribution in [2.75, 3.05) is 0 Å². The number of rotatable bonds is 4. The minimum atomic E-state index is -0.0517. The van der Waals surface area contributed by atoms with E-state index in [1.54, 1.807) is 0 Å². The van der Waals surface area contributed by atoms with Crippen molar-refractivity contribution in [3.63, 3.8) is 0 Å². The van der Waals surface area contributed by atoms with Gasteiger partial charge >= 0.3 is 0 Å². The van der Waals surface area contributed by atoms with Gasteiger partial charge in [0, 0.05) is 16.1 Å². The van der Waals surface area contributed by atoms with Crippen LogP contribution in [0.3, 0.4) is 0 Å². The first kappa shape index (κ1) is 15.1. The Morgan fingerprint density at radius 2 is 1.60 bits per heavy atom. The largest absolute Gasteiger partial charge is 0.457 e. The average Bonchev–Trinajstić information content (AvgIpc) is 2.41. The van der Waals surface area contributed by atoms with E-state index in [1.165, 1.54) is 5.56 Å². The van der Waals surface area contributed by atoms with Gasteiger partial charge in [0.05, 0.1) is 0 Å². The van der Waals surface area contributed by atoms with Crippen molar-refractivity contribution >= 4 is 15.9 Å². The van der Waals surface area contributed by atoms with Crippen LogP contribution in [0.15, 0.2) is 46.9 Å². The van der Waals surface area contributed by atoms with Crippen molar-refractivity contribution < 1.29 is 4.74 Å². The molecule has 106 valence electrons. The Hall–Kier alpha value is -1.32. The maximum Gasteiger partial charge on any atom is 0.132 e. The lowest BCUT2D eigenvalue weighted by Crippen LogP contribution is -2.06. The molecule has 2 aromatic rings. The Labute approximate surface area is 129 Å². The Balaban J connectivity index is 2.40. The molecule has 0 spiro atoms. The normalized spacial score (nSPS) is 12.5. The lowest BCUT2D eigenvalue weighted by Gasteiger charge is -2.17. The molecule has 1 atom stereocenters. The van der Waals surface area contributed by atoms with Gasteiger partial charge in [-0.25, -0.2) is 0 Å². The van der Waals surface area contributed by atoms with Gasteiger partial charge < -0.3 is 10.5 Å². The maximum absolute atomic E-state index is 6.12.